The normalized spacial score (nSPS) is 18.8. The maximum Gasteiger partial charge on any atom is 0.326 e. The van der Waals surface area contributed by atoms with E-state index < -0.39 is 12.0 Å². The summed E-state index contributed by atoms with van der Waals surface area (Å²) in [5.41, 5.74) is 2.51. The first kappa shape index (κ1) is 11.6. The maximum absolute atomic E-state index is 11.8. The van der Waals surface area contributed by atoms with E-state index in [1.54, 1.807) is 0 Å². The number of benzene rings is 1. The molecule has 0 fully saturated rings. The molecule has 90 valence electrons. The molecule has 1 amide bonds. The molecule has 0 saturated heterocycles. The van der Waals surface area contributed by atoms with Gasteiger partial charge in [-0.1, -0.05) is 26.0 Å². The number of carboxylic acids is 1. The van der Waals surface area contributed by atoms with Crippen molar-refractivity contribution in [2.75, 3.05) is 0 Å². The van der Waals surface area contributed by atoms with Crippen LogP contribution in [0.5, 0.6) is 0 Å². The van der Waals surface area contributed by atoms with E-state index in [1.165, 1.54) is 0 Å². The van der Waals surface area contributed by atoms with Gasteiger partial charge < -0.3 is 10.4 Å². The van der Waals surface area contributed by atoms with Crippen LogP contribution in [-0.2, 0) is 11.2 Å². The fraction of sp³-hybridized carbons (Fsp3) is 0.385. The van der Waals surface area contributed by atoms with E-state index in [9.17, 15) is 9.59 Å². The van der Waals surface area contributed by atoms with E-state index in [0.717, 1.165) is 11.1 Å². The third-order valence-corrected chi connectivity index (χ3v) is 3.07. The van der Waals surface area contributed by atoms with Crippen LogP contribution in [0.2, 0.25) is 0 Å². The zero-order chi connectivity index (χ0) is 12.6. The van der Waals surface area contributed by atoms with Crippen molar-refractivity contribution >= 4 is 11.9 Å². The van der Waals surface area contributed by atoms with Crippen molar-refractivity contribution in [1.82, 2.24) is 5.32 Å². The molecule has 0 radical (unpaired) electrons. The highest BCUT2D eigenvalue weighted by molar-refractivity contribution is 6.00. The van der Waals surface area contributed by atoms with E-state index in [1.807, 2.05) is 18.2 Å². The molecule has 1 heterocycles. The van der Waals surface area contributed by atoms with Crippen LogP contribution in [0.1, 0.15) is 41.3 Å². The lowest BCUT2D eigenvalue weighted by atomic mass is 9.91. The van der Waals surface area contributed by atoms with Crippen LogP contribution in [0.15, 0.2) is 18.2 Å². The van der Waals surface area contributed by atoms with Gasteiger partial charge in [-0.3, -0.25) is 4.79 Å². The number of fused-ring (bicyclic) bond motifs is 1. The summed E-state index contributed by atoms with van der Waals surface area (Å²) in [5, 5.41) is 11.4. The largest absolute Gasteiger partial charge is 0.480 e. The summed E-state index contributed by atoms with van der Waals surface area (Å²) in [6, 6.07) is 4.87. The van der Waals surface area contributed by atoms with Gasteiger partial charge in [0.15, 0.2) is 0 Å². The van der Waals surface area contributed by atoms with E-state index >= 15 is 0 Å². The monoisotopic (exact) mass is 233 g/mol. The summed E-state index contributed by atoms with van der Waals surface area (Å²) in [5.74, 6) is -0.927. The Bertz CT molecular complexity index is 480. The minimum atomic E-state index is -0.989. The molecule has 2 N–H and O–H groups in total. The SMILES string of the molecule is CC(C)c1ccc2c(c1)C(=O)NC(C(=O)O)C2. The van der Waals surface area contributed by atoms with Gasteiger partial charge in [-0.2, -0.15) is 0 Å². The molecule has 4 nitrogen and oxygen atoms in total. The molecule has 0 aliphatic carbocycles. The number of carboxylic acid groups (broad SMARTS) is 1. The first-order valence-corrected chi connectivity index (χ1v) is 5.65. The quantitative estimate of drug-likeness (QED) is 0.814. The van der Waals surface area contributed by atoms with Gasteiger partial charge in [0, 0.05) is 12.0 Å². The zero-order valence-corrected chi connectivity index (χ0v) is 9.86. The summed E-state index contributed by atoms with van der Waals surface area (Å²) in [6.45, 7) is 4.12. The third-order valence-electron chi connectivity index (χ3n) is 3.07. The van der Waals surface area contributed by atoms with Crippen LogP contribution in [0.3, 0.4) is 0 Å². The van der Waals surface area contributed by atoms with E-state index in [4.69, 9.17) is 5.11 Å². The Morgan fingerprint density at radius 3 is 2.76 bits per heavy atom. The summed E-state index contributed by atoms with van der Waals surface area (Å²) < 4.78 is 0. The maximum atomic E-state index is 11.8. The number of carbonyl (C=O) groups excluding carboxylic acids is 1. The smallest absolute Gasteiger partial charge is 0.326 e. The molecular weight excluding hydrogens is 218 g/mol. The molecule has 4 heteroatoms. The Kier molecular flexibility index (Phi) is 2.88. The fourth-order valence-corrected chi connectivity index (χ4v) is 2.00. The lowest BCUT2D eigenvalue weighted by molar-refractivity contribution is -0.139. The second-order valence-corrected chi connectivity index (χ2v) is 4.64. The summed E-state index contributed by atoms with van der Waals surface area (Å²) in [6.07, 6.45) is 0.356. The third kappa shape index (κ3) is 2.16. The van der Waals surface area contributed by atoms with Crippen molar-refractivity contribution in [3.8, 4) is 0 Å². The highest BCUT2D eigenvalue weighted by Gasteiger charge is 2.28. The topological polar surface area (TPSA) is 66.4 Å². The van der Waals surface area contributed by atoms with Crippen LogP contribution in [0.25, 0.3) is 0 Å². The van der Waals surface area contributed by atoms with Crippen LogP contribution < -0.4 is 5.32 Å². The number of amides is 1. The van der Waals surface area contributed by atoms with Crippen molar-refractivity contribution in [1.29, 1.82) is 0 Å². The number of hydrogen-bond donors (Lipinski definition) is 2. The minimum Gasteiger partial charge on any atom is -0.480 e. The minimum absolute atomic E-state index is 0.291. The highest BCUT2D eigenvalue weighted by atomic mass is 16.4. The van der Waals surface area contributed by atoms with Crippen molar-refractivity contribution in [2.24, 2.45) is 0 Å². The van der Waals surface area contributed by atoms with Crippen molar-refractivity contribution in [3.63, 3.8) is 0 Å². The Hall–Kier alpha value is -1.84. The van der Waals surface area contributed by atoms with E-state index in [0.29, 0.717) is 17.9 Å². The average Bonchev–Trinajstić information content (AvgIpc) is 2.28. The van der Waals surface area contributed by atoms with E-state index in [-0.39, 0.29) is 5.91 Å². The zero-order valence-electron chi connectivity index (χ0n) is 9.86. The molecule has 0 saturated carbocycles. The van der Waals surface area contributed by atoms with Gasteiger partial charge in [0.1, 0.15) is 6.04 Å². The van der Waals surface area contributed by atoms with Crippen LogP contribution in [0, 0.1) is 0 Å². The number of carbonyl (C=O) groups is 2. The van der Waals surface area contributed by atoms with Crippen LogP contribution in [0.4, 0.5) is 0 Å². The molecule has 1 atom stereocenters. The molecule has 17 heavy (non-hydrogen) atoms. The predicted octanol–water partition coefficient (Wildman–Crippen LogP) is 1.55. The molecule has 0 aromatic heterocycles. The first-order valence-electron chi connectivity index (χ1n) is 5.65. The van der Waals surface area contributed by atoms with Gasteiger partial charge in [-0.15, -0.1) is 0 Å². The van der Waals surface area contributed by atoms with Crippen LogP contribution >= 0.6 is 0 Å². The molecule has 1 unspecified atom stereocenters. The van der Waals surface area contributed by atoms with Gasteiger partial charge in [0.2, 0.25) is 0 Å². The van der Waals surface area contributed by atoms with Gasteiger partial charge in [0.25, 0.3) is 5.91 Å². The number of nitrogens with one attached hydrogen (secondary N) is 1. The molecule has 0 spiro atoms. The lowest BCUT2D eigenvalue weighted by Gasteiger charge is -2.23. The Labute approximate surface area is 99.6 Å². The number of rotatable bonds is 2. The first-order chi connectivity index (χ1) is 7.99. The number of hydrogen-bond acceptors (Lipinski definition) is 2. The molecule has 1 aromatic carbocycles. The Balaban J connectivity index is 2.38. The summed E-state index contributed by atoms with van der Waals surface area (Å²) in [7, 11) is 0. The van der Waals surface area contributed by atoms with Gasteiger partial charge in [-0.05, 0) is 23.1 Å². The Morgan fingerprint density at radius 1 is 1.47 bits per heavy atom. The number of aliphatic carboxylic acids is 1. The summed E-state index contributed by atoms with van der Waals surface area (Å²) >= 11 is 0. The molecule has 1 aliphatic rings. The molecule has 2 rings (SSSR count). The average molecular weight is 233 g/mol. The Morgan fingerprint density at radius 2 is 2.18 bits per heavy atom. The summed E-state index contributed by atoms with van der Waals surface area (Å²) in [4.78, 5) is 22.7. The van der Waals surface area contributed by atoms with Gasteiger partial charge in [0.05, 0.1) is 0 Å². The van der Waals surface area contributed by atoms with Crippen molar-refractivity contribution in [3.05, 3.63) is 34.9 Å². The van der Waals surface area contributed by atoms with Gasteiger partial charge in [-0.25, -0.2) is 4.79 Å². The molecule has 1 aliphatic heterocycles. The standard InChI is InChI=1S/C13H15NO3/c1-7(2)8-3-4-9-6-11(13(16)17)14-12(15)10(9)5-8/h3-5,7,11H,6H2,1-2H3,(H,14,15)(H,16,17). The molecule has 1 aromatic rings. The highest BCUT2D eigenvalue weighted by Crippen LogP contribution is 2.22. The fourth-order valence-electron chi connectivity index (χ4n) is 2.00. The van der Waals surface area contributed by atoms with Gasteiger partial charge >= 0.3 is 5.97 Å². The molecule has 0 bridgehead atoms. The second-order valence-electron chi connectivity index (χ2n) is 4.64. The van der Waals surface area contributed by atoms with Crippen LogP contribution in [-0.4, -0.2) is 23.0 Å². The predicted molar refractivity (Wildman–Crippen MR) is 63.1 cm³/mol. The molecular formula is C13H15NO3. The van der Waals surface area contributed by atoms with E-state index in [2.05, 4.69) is 19.2 Å². The lowest BCUT2D eigenvalue weighted by Crippen LogP contribution is -2.46. The van der Waals surface area contributed by atoms with Crippen molar-refractivity contribution < 1.29 is 14.7 Å². The van der Waals surface area contributed by atoms with Crippen molar-refractivity contribution in [2.45, 2.75) is 32.2 Å². The second kappa shape index (κ2) is 4.20.